The number of rotatable bonds is 2. The van der Waals surface area contributed by atoms with E-state index in [-0.39, 0.29) is 18.0 Å². The molecule has 108 valence electrons. The van der Waals surface area contributed by atoms with Crippen molar-refractivity contribution in [1.82, 2.24) is 15.1 Å². The molecular weight excluding hydrogens is 246 g/mol. The third-order valence-corrected chi connectivity index (χ3v) is 4.36. The van der Waals surface area contributed by atoms with Gasteiger partial charge in [-0.15, -0.1) is 0 Å². The maximum atomic E-state index is 12.4. The standard InChI is InChI=1S/C13H23N3O3/c1-9-7-16(8-11(9)12(17)18)13(19)15(2)10-3-5-14-6-4-10/h9-11,14H,3-8H2,1-2H3,(H,17,18). The molecule has 2 atom stereocenters. The third kappa shape index (κ3) is 3.00. The molecular formula is C13H23N3O3. The van der Waals surface area contributed by atoms with E-state index in [0.717, 1.165) is 25.9 Å². The molecule has 0 radical (unpaired) electrons. The van der Waals surface area contributed by atoms with Gasteiger partial charge in [0.25, 0.3) is 0 Å². The fourth-order valence-corrected chi connectivity index (χ4v) is 3.02. The van der Waals surface area contributed by atoms with Crippen LogP contribution in [0.3, 0.4) is 0 Å². The topological polar surface area (TPSA) is 72.9 Å². The smallest absolute Gasteiger partial charge is 0.320 e. The number of piperidine rings is 1. The van der Waals surface area contributed by atoms with Gasteiger partial charge in [0, 0.05) is 26.2 Å². The van der Waals surface area contributed by atoms with Crippen LogP contribution in [0.1, 0.15) is 19.8 Å². The number of carbonyl (C=O) groups excluding carboxylic acids is 1. The molecule has 2 N–H and O–H groups in total. The number of urea groups is 1. The molecule has 19 heavy (non-hydrogen) atoms. The van der Waals surface area contributed by atoms with E-state index in [4.69, 9.17) is 5.11 Å². The van der Waals surface area contributed by atoms with E-state index in [0.29, 0.717) is 13.1 Å². The Bertz CT molecular complexity index is 355. The molecule has 2 fully saturated rings. The van der Waals surface area contributed by atoms with Crippen LogP contribution in [0.15, 0.2) is 0 Å². The molecule has 0 aromatic rings. The normalized spacial score (nSPS) is 28.4. The lowest BCUT2D eigenvalue weighted by molar-refractivity contribution is -0.142. The Morgan fingerprint density at radius 1 is 1.26 bits per heavy atom. The van der Waals surface area contributed by atoms with Crippen LogP contribution in [0.25, 0.3) is 0 Å². The van der Waals surface area contributed by atoms with E-state index >= 15 is 0 Å². The zero-order chi connectivity index (χ0) is 14.0. The third-order valence-electron chi connectivity index (χ3n) is 4.36. The maximum absolute atomic E-state index is 12.4. The quantitative estimate of drug-likeness (QED) is 0.763. The summed E-state index contributed by atoms with van der Waals surface area (Å²) >= 11 is 0. The summed E-state index contributed by atoms with van der Waals surface area (Å²) in [5.41, 5.74) is 0. The maximum Gasteiger partial charge on any atom is 0.320 e. The van der Waals surface area contributed by atoms with Gasteiger partial charge in [-0.05, 0) is 31.8 Å². The van der Waals surface area contributed by atoms with Crippen LogP contribution < -0.4 is 5.32 Å². The van der Waals surface area contributed by atoms with Crippen molar-refractivity contribution in [3.63, 3.8) is 0 Å². The number of nitrogens with one attached hydrogen (secondary N) is 1. The molecule has 6 nitrogen and oxygen atoms in total. The van der Waals surface area contributed by atoms with E-state index in [2.05, 4.69) is 5.32 Å². The van der Waals surface area contributed by atoms with Crippen LogP contribution >= 0.6 is 0 Å². The minimum absolute atomic E-state index is 0.0255. The van der Waals surface area contributed by atoms with Crippen molar-refractivity contribution in [2.45, 2.75) is 25.8 Å². The molecule has 2 unspecified atom stereocenters. The van der Waals surface area contributed by atoms with Crippen LogP contribution in [0.4, 0.5) is 4.79 Å². The van der Waals surface area contributed by atoms with Crippen molar-refractivity contribution in [3.05, 3.63) is 0 Å². The van der Waals surface area contributed by atoms with E-state index in [1.54, 1.807) is 9.80 Å². The lowest BCUT2D eigenvalue weighted by atomic mass is 9.99. The van der Waals surface area contributed by atoms with Gasteiger partial charge in [0.1, 0.15) is 0 Å². The van der Waals surface area contributed by atoms with Gasteiger partial charge in [-0.1, -0.05) is 6.92 Å². The van der Waals surface area contributed by atoms with E-state index in [1.807, 2.05) is 14.0 Å². The summed E-state index contributed by atoms with van der Waals surface area (Å²) in [4.78, 5) is 27.0. The molecule has 0 aromatic carbocycles. The molecule has 2 saturated heterocycles. The Morgan fingerprint density at radius 2 is 1.89 bits per heavy atom. The van der Waals surface area contributed by atoms with E-state index in [9.17, 15) is 9.59 Å². The number of aliphatic carboxylic acids is 1. The first-order valence-corrected chi connectivity index (χ1v) is 6.96. The molecule has 2 aliphatic rings. The van der Waals surface area contributed by atoms with Crippen molar-refractivity contribution >= 4 is 12.0 Å². The van der Waals surface area contributed by atoms with Gasteiger partial charge in [0.2, 0.25) is 0 Å². The summed E-state index contributed by atoms with van der Waals surface area (Å²) in [5, 5.41) is 12.4. The summed E-state index contributed by atoms with van der Waals surface area (Å²) in [5.74, 6) is -1.19. The highest BCUT2D eigenvalue weighted by atomic mass is 16.4. The van der Waals surface area contributed by atoms with Crippen molar-refractivity contribution < 1.29 is 14.7 Å². The van der Waals surface area contributed by atoms with Crippen LogP contribution in [-0.2, 0) is 4.79 Å². The molecule has 0 bridgehead atoms. The zero-order valence-electron chi connectivity index (χ0n) is 11.6. The predicted octanol–water partition coefficient (Wildman–Crippen LogP) is 0.443. The molecule has 2 aliphatic heterocycles. The molecule has 6 heteroatoms. The summed E-state index contributed by atoms with van der Waals surface area (Å²) in [6.07, 6.45) is 1.93. The average molecular weight is 269 g/mol. The number of hydrogen-bond acceptors (Lipinski definition) is 3. The van der Waals surface area contributed by atoms with Gasteiger partial charge in [0.05, 0.1) is 5.92 Å². The fraction of sp³-hybridized carbons (Fsp3) is 0.846. The molecule has 2 heterocycles. The minimum atomic E-state index is -0.799. The van der Waals surface area contributed by atoms with E-state index < -0.39 is 11.9 Å². The second kappa shape index (κ2) is 5.77. The summed E-state index contributed by atoms with van der Waals surface area (Å²) < 4.78 is 0. The number of hydrogen-bond donors (Lipinski definition) is 2. The van der Waals surface area contributed by atoms with Crippen LogP contribution in [0, 0.1) is 11.8 Å². The average Bonchev–Trinajstić information content (AvgIpc) is 2.80. The number of carbonyl (C=O) groups is 2. The van der Waals surface area contributed by atoms with Crippen molar-refractivity contribution in [2.75, 3.05) is 33.2 Å². The first-order chi connectivity index (χ1) is 9.00. The van der Waals surface area contributed by atoms with Gasteiger partial charge >= 0.3 is 12.0 Å². The lowest BCUT2D eigenvalue weighted by Crippen LogP contribution is -2.49. The SMILES string of the molecule is CC1CN(C(=O)N(C)C2CCNCC2)CC1C(=O)O. The Morgan fingerprint density at radius 3 is 2.42 bits per heavy atom. The van der Waals surface area contributed by atoms with E-state index in [1.165, 1.54) is 0 Å². The monoisotopic (exact) mass is 269 g/mol. The highest BCUT2D eigenvalue weighted by Crippen LogP contribution is 2.25. The van der Waals surface area contributed by atoms with Crippen LogP contribution in [-0.4, -0.2) is 66.2 Å². The lowest BCUT2D eigenvalue weighted by Gasteiger charge is -2.34. The Balaban J connectivity index is 1.94. The van der Waals surface area contributed by atoms with Crippen LogP contribution in [0.2, 0.25) is 0 Å². The summed E-state index contributed by atoms with van der Waals surface area (Å²) in [7, 11) is 1.83. The highest BCUT2D eigenvalue weighted by molar-refractivity contribution is 5.77. The van der Waals surface area contributed by atoms with Gasteiger partial charge in [0.15, 0.2) is 0 Å². The zero-order valence-corrected chi connectivity index (χ0v) is 11.6. The molecule has 0 aromatic heterocycles. The van der Waals surface area contributed by atoms with Gasteiger partial charge in [-0.3, -0.25) is 4.79 Å². The number of likely N-dealkylation sites (tertiary alicyclic amines) is 1. The Labute approximate surface area is 113 Å². The minimum Gasteiger partial charge on any atom is -0.481 e. The molecule has 2 rings (SSSR count). The molecule has 0 saturated carbocycles. The van der Waals surface area contributed by atoms with Crippen molar-refractivity contribution in [2.24, 2.45) is 11.8 Å². The highest BCUT2D eigenvalue weighted by Gasteiger charge is 2.38. The number of amides is 2. The first-order valence-electron chi connectivity index (χ1n) is 6.96. The molecule has 0 spiro atoms. The first kappa shape index (κ1) is 14.1. The van der Waals surface area contributed by atoms with Gasteiger partial charge < -0.3 is 20.2 Å². The Hall–Kier alpha value is -1.30. The second-order valence-corrected chi connectivity index (χ2v) is 5.70. The van der Waals surface area contributed by atoms with Gasteiger partial charge in [-0.2, -0.15) is 0 Å². The molecule has 0 aliphatic carbocycles. The molecule has 2 amide bonds. The number of carboxylic acid groups (broad SMARTS) is 1. The van der Waals surface area contributed by atoms with Crippen LogP contribution in [0.5, 0.6) is 0 Å². The number of nitrogens with zero attached hydrogens (tertiary/aromatic N) is 2. The van der Waals surface area contributed by atoms with Crippen molar-refractivity contribution in [1.29, 1.82) is 0 Å². The fourth-order valence-electron chi connectivity index (χ4n) is 3.02. The summed E-state index contributed by atoms with van der Waals surface area (Å²) in [6.45, 7) is 4.67. The summed E-state index contributed by atoms with van der Waals surface area (Å²) in [6, 6.07) is 0.246. The second-order valence-electron chi connectivity index (χ2n) is 5.70. The Kier molecular flexibility index (Phi) is 4.29. The van der Waals surface area contributed by atoms with Gasteiger partial charge in [-0.25, -0.2) is 4.79 Å². The largest absolute Gasteiger partial charge is 0.481 e. The predicted molar refractivity (Wildman–Crippen MR) is 70.9 cm³/mol. The number of carboxylic acids is 1. The van der Waals surface area contributed by atoms with Crippen molar-refractivity contribution in [3.8, 4) is 0 Å².